The standard InChI is InChI=1S/C19H18ClN3O4S/c20-15-8-7-13(11-18(15)28(25,26)23-9-3-4-10-23)21-19(24)12-16-14-5-1-2-6-17(14)27-22-16/h1-2,5-8,11H,3-4,9-10,12H2,(H,21,24). The molecule has 3 aromatic rings. The van der Waals surface area contributed by atoms with E-state index in [-0.39, 0.29) is 22.2 Å². The van der Waals surface area contributed by atoms with E-state index in [1.54, 1.807) is 12.1 Å². The van der Waals surface area contributed by atoms with Crippen LogP contribution >= 0.6 is 11.6 Å². The number of anilines is 1. The number of rotatable bonds is 5. The number of nitrogens with one attached hydrogen (secondary N) is 1. The molecule has 2 aromatic carbocycles. The Bertz CT molecular complexity index is 1140. The highest BCUT2D eigenvalue weighted by Crippen LogP contribution is 2.29. The van der Waals surface area contributed by atoms with E-state index in [1.807, 2.05) is 18.2 Å². The van der Waals surface area contributed by atoms with E-state index in [2.05, 4.69) is 10.5 Å². The van der Waals surface area contributed by atoms with E-state index in [0.717, 1.165) is 18.2 Å². The highest BCUT2D eigenvalue weighted by molar-refractivity contribution is 7.89. The van der Waals surface area contributed by atoms with Gasteiger partial charge >= 0.3 is 0 Å². The second-order valence-electron chi connectivity index (χ2n) is 6.61. The minimum atomic E-state index is -3.68. The number of halogens is 1. The number of hydrogen-bond donors (Lipinski definition) is 1. The van der Waals surface area contributed by atoms with Crippen LogP contribution in [0.3, 0.4) is 0 Å². The van der Waals surface area contributed by atoms with Crippen molar-refractivity contribution in [3.63, 3.8) is 0 Å². The first-order chi connectivity index (χ1) is 13.4. The zero-order chi connectivity index (χ0) is 19.7. The highest BCUT2D eigenvalue weighted by atomic mass is 35.5. The van der Waals surface area contributed by atoms with Gasteiger partial charge in [-0.05, 0) is 43.2 Å². The van der Waals surface area contributed by atoms with Crippen molar-refractivity contribution in [3.8, 4) is 0 Å². The zero-order valence-electron chi connectivity index (χ0n) is 14.9. The summed E-state index contributed by atoms with van der Waals surface area (Å²) in [5, 5.41) is 7.55. The van der Waals surface area contributed by atoms with E-state index in [0.29, 0.717) is 30.1 Å². The fourth-order valence-corrected chi connectivity index (χ4v) is 5.29. The van der Waals surface area contributed by atoms with Crippen molar-refractivity contribution in [1.29, 1.82) is 0 Å². The van der Waals surface area contributed by atoms with Gasteiger partial charge in [0.2, 0.25) is 15.9 Å². The molecule has 0 atom stereocenters. The average molecular weight is 420 g/mol. The van der Waals surface area contributed by atoms with Gasteiger partial charge in [0.15, 0.2) is 5.58 Å². The summed E-state index contributed by atoms with van der Waals surface area (Å²) in [5.41, 5.74) is 1.49. The summed E-state index contributed by atoms with van der Waals surface area (Å²) < 4.78 is 32.2. The maximum atomic E-state index is 12.8. The summed E-state index contributed by atoms with van der Waals surface area (Å²) >= 11 is 6.14. The number of carbonyl (C=O) groups excluding carboxylic acids is 1. The average Bonchev–Trinajstić information content (AvgIpc) is 3.34. The van der Waals surface area contributed by atoms with Crippen LogP contribution in [0.5, 0.6) is 0 Å². The lowest BCUT2D eigenvalue weighted by atomic mass is 10.1. The van der Waals surface area contributed by atoms with Crippen molar-refractivity contribution in [2.24, 2.45) is 0 Å². The normalized spacial score (nSPS) is 15.2. The summed E-state index contributed by atoms with van der Waals surface area (Å²) in [4.78, 5) is 12.4. The van der Waals surface area contributed by atoms with Gasteiger partial charge in [0.05, 0.1) is 11.4 Å². The minimum absolute atomic E-state index is 0.000697. The van der Waals surface area contributed by atoms with Crippen LogP contribution in [0.15, 0.2) is 51.9 Å². The van der Waals surface area contributed by atoms with Crippen LogP contribution < -0.4 is 5.32 Å². The van der Waals surface area contributed by atoms with Gasteiger partial charge in [-0.3, -0.25) is 4.79 Å². The van der Waals surface area contributed by atoms with Crippen molar-refractivity contribution in [2.75, 3.05) is 18.4 Å². The quantitative estimate of drug-likeness (QED) is 0.683. The molecule has 4 rings (SSSR count). The van der Waals surface area contributed by atoms with Gasteiger partial charge in [-0.25, -0.2) is 8.42 Å². The van der Waals surface area contributed by atoms with Crippen LogP contribution in [0, 0.1) is 0 Å². The van der Waals surface area contributed by atoms with Gasteiger partial charge in [-0.15, -0.1) is 0 Å². The second kappa shape index (κ2) is 7.54. The number of amides is 1. The molecular weight excluding hydrogens is 402 g/mol. The van der Waals surface area contributed by atoms with Crippen LogP contribution in [-0.2, 0) is 21.2 Å². The molecule has 28 heavy (non-hydrogen) atoms. The topological polar surface area (TPSA) is 92.5 Å². The Labute approximate surface area is 167 Å². The number of hydrogen-bond acceptors (Lipinski definition) is 5. The number of carbonyl (C=O) groups is 1. The van der Waals surface area contributed by atoms with Crippen LogP contribution in [-0.4, -0.2) is 36.9 Å². The third-order valence-corrected chi connectivity index (χ3v) is 7.06. The predicted molar refractivity (Wildman–Crippen MR) is 106 cm³/mol. The summed E-state index contributed by atoms with van der Waals surface area (Å²) in [6.07, 6.45) is 1.67. The van der Waals surface area contributed by atoms with Crippen molar-refractivity contribution >= 4 is 44.2 Å². The van der Waals surface area contributed by atoms with E-state index < -0.39 is 10.0 Å². The molecule has 1 amide bonds. The molecule has 7 nitrogen and oxygen atoms in total. The second-order valence-corrected chi connectivity index (χ2v) is 8.92. The Morgan fingerprint density at radius 3 is 2.71 bits per heavy atom. The van der Waals surface area contributed by atoms with Gasteiger partial charge < -0.3 is 9.84 Å². The van der Waals surface area contributed by atoms with Crippen LogP contribution in [0.2, 0.25) is 5.02 Å². The maximum absolute atomic E-state index is 12.8. The Morgan fingerprint density at radius 2 is 1.93 bits per heavy atom. The van der Waals surface area contributed by atoms with Crippen molar-refractivity contribution in [1.82, 2.24) is 9.46 Å². The predicted octanol–water partition coefficient (Wildman–Crippen LogP) is 3.45. The highest BCUT2D eigenvalue weighted by Gasteiger charge is 2.29. The summed E-state index contributed by atoms with van der Waals surface area (Å²) in [6, 6.07) is 11.7. The molecule has 0 radical (unpaired) electrons. The van der Waals surface area contributed by atoms with E-state index in [9.17, 15) is 13.2 Å². The molecule has 2 heterocycles. The minimum Gasteiger partial charge on any atom is -0.356 e. The lowest BCUT2D eigenvalue weighted by Gasteiger charge is -2.17. The monoisotopic (exact) mass is 419 g/mol. The van der Waals surface area contributed by atoms with Gasteiger partial charge in [0, 0.05) is 24.2 Å². The Hall–Kier alpha value is -2.42. The molecule has 1 aliphatic rings. The first kappa shape index (κ1) is 18.9. The SMILES string of the molecule is O=C(Cc1noc2ccccc12)Nc1ccc(Cl)c(S(=O)(=O)N2CCCC2)c1. The third kappa shape index (κ3) is 3.63. The van der Waals surface area contributed by atoms with Gasteiger partial charge in [-0.1, -0.05) is 28.9 Å². The molecule has 9 heteroatoms. The van der Waals surface area contributed by atoms with Crippen molar-refractivity contribution in [3.05, 3.63) is 53.2 Å². The largest absolute Gasteiger partial charge is 0.356 e. The molecule has 0 spiro atoms. The lowest BCUT2D eigenvalue weighted by molar-refractivity contribution is -0.115. The number of benzene rings is 2. The molecule has 1 saturated heterocycles. The molecule has 1 aromatic heterocycles. The number of fused-ring (bicyclic) bond motifs is 1. The molecule has 0 bridgehead atoms. The number of nitrogens with zero attached hydrogens (tertiary/aromatic N) is 2. The molecule has 1 fully saturated rings. The van der Waals surface area contributed by atoms with Crippen LogP contribution in [0.1, 0.15) is 18.5 Å². The maximum Gasteiger partial charge on any atom is 0.244 e. The van der Waals surface area contributed by atoms with E-state index in [4.69, 9.17) is 16.1 Å². The Morgan fingerprint density at radius 1 is 1.18 bits per heavy atom. The van der Waals surface area contributed by atoms with Gasteiger partial charge in [-0.2, -0.15) is 4.31 Å². The first-order valence-electron chi connectivity index (χ1n) is 8.88. The number of sulfonamides is 1. The number of para-hydroxylation sites is 1. The van der Waals surface area contributed by atoms with Gasteiger partial charge in [0.1, 0.15) is 10.6 Å². The zero-order valence-corrected chi connectivity index (χ0v) is 16.5. The lowest BCUT2D eigenvalue weighted by Crippen LogP contribution is -2.28. The third-order valence-electron chi connectivity index (χ3n) is 4.68. The van der Waals surface area contributed by atoms with E-state index in [1.165, 1.54) is 16.4 Å². The van der Waals surface area contributed by atoms with Crippen molar-refractivity contribution in [2.45, 2.75) is 24.2 Å². The first-order valence-corrected chi connectivity index (χ1v) is 10.7. The van der Waals surface area contributed by atoms with Crippen LogP contribution in [0.4, 0.5) is 5.69 Å². The Balaban J connectivity index is 1.54. The van der Waals surface area contributed by atoms with Crippen molar-refractivity contribution < 1.29 is 17.7 Å². The smallest absolute Gasteiger partial charge is 0.244 e. The molecule has 0 saturated carbocycles. The molecule has 1 N–H and O–H groups in total. The summed E-state index contributed by atoms with van der Waals surface area (Å²) in [5.74, 6) is -0.328. The summed E-state index contributed by atoms with van der Waals surface area (Å²) in [6.45, 7) is 0.961. The number of aromatic nitrogens is 1. The molecule has 0 aliphatic carbocycles. The molecular formula is C19H18ClN3O4S. The molecule has 146 valence electrons. The van der Waals surface area contributed by atoms with E-state index >= 15 is 0 Å². The summed E-state index contributed by atoms with van der Waals surface area (Å²) in [7, 11) is -3.68. The van der Waals surface area contributed by atoms with Crippen LogP contribution in [0.25, 0.3) is 11.0 Å². The van der Waals surface area contributed by atoms with Gasteiger partial charge in [0.25, 0.3) is 0 Å². The molecule has 0 unspecified atom stereocenters. The Kier molecular flexibility index (Phi) is 5.09. The fourth-order valence-electron chi connectivity index (χ4n) is 3.27. The molecule has 1 aliphatic heterocycles. The fraction of sp³-hybridized carbons (Fsp3) is 0.263.